The van der Waals surface area contributed by atoms with E-state index in [0.29, 0.717) is 5.02 Å². The molecule has 0 aliphatic heterocycles. The van der Waals surface area contributed by atoms with Crippen molar-refractivity contribution in [2.45, 2.75) is 24.5 Å². The Morgan fingerprint density at radius 2 is 2.04 bits per heavy atom. The quantitative estimate of drug-likeness (QED) is 0.423. The van der Waals surface area contributed by atoms with E-state index in [0.717, 1.165) is 17.3 Å². The monoisotopic (exact) mass is 395 g/mol. The molecule has 0 bridgehead atoms. The van der Waals surface area contributed by atoms with Gasteiger partial charge in [-0.1, -0.05) is 35.5 Å². The van der Waals surface area contributed by atoms with Gasteiger partial charge in [0.15, 0.2) is 5.16 Å². The van der Waals surface area contributed by atoms with Gasteiger partial charge in [0.1, 0.15) is 0 Å². The second-order valence-electron chi connectivity index (χ2n) is 5.42. The number of amides is 1. The number of carbonyl (C=O) groups excluding carboxylic acids is 2. The summed E-state index contributed by atoms with van der Waals surface area (Å²) in [7, 11) is 1.26. The van der Waals surface area contributed by atoms with Crippen LogP contribution in [0.5, 0.6) is 0 Å². The van der Waals surface area contributed by atoms with E-state index in [1.165, 1.54) is 13.2 Å². The highest BCUT2D eigenvalue weighted by Gasteiger charge is 2.12. The first kappa shape index (κ1) is 20.0. The largest absolute Gasteiger partial charge is 0.469 e. The predicted molar refractivity (Wildman–Crippen MR) is 99.3 cm³/mol. The molecule has 0 fully saturated rings. The SMILES string of the molecule is COC(=O)Cc1cc(=O)[nH]c(SCC(=O)N[C@H](C)c2ccc(Cl)cc2)n1. The zero-order valence-corrected chi connectivity index (χ0v) is 15.8. The normalized spacial score (nSPS) is 11.7. The number of rotatable bonds is 7. The van der Waals surface area contributed by atoms with Crippen molar-refractivity contribution in [2.24, 2.45) is 0 Å². The summed E-state index contributed by atoms with van der Waals surface area (Å²) in [6, 6.07) is 8.25. The fourth-order valence-electron chi connectivity index (χ4n) is 2.11. The van der Waals surface area contributed by atoms with E-state index in [4.69, 9.17) is 11.6 Å². The van der Waals surface area contributed by atoms with Gasteiger partial charge in [0.05, 0.1) is 31.0 Å². The molecule has 2 rings (SSSR count). The summed E-state index contributed by atoms with van der Waals surface area (Å²) >= 11 is 6.93. The minimum absolute atomic E-state index is 0.0720. The van der Waals surface area contributed by atoms with Crippen LogP contribution in [0.4, 0.5) is 0 Å². The Bertz CT molecular complexity index is 839. The third-order valence-electron chi connectivity index (χ3n) is 3.41. The molecule has 0 spiro atoms. The van der Waals surface area contributed by atoms with Crippen molar-refractivity contribution in [3.8, 4) is 0 Å². The molecule has 138 valence electrons. The van der Waals surface area contributed by atoms with Crippen LogP contribution in [0.15, 0.2) is 40.3 Å². The Morgan fingerprint density at radius 1 is 1.35 bits per heavy atom. The average molecular weight is 396 g/mol. The van der Waals surface area contributed by atoms with Crippen molar-refractivity contribution < 1.29 is 14.3 Å². The number of methoxy groups -OCH3 is 1. The van der Waals surface area contributed by atoms with E-state index in [9.17, 15) is 14.4 Å². The molecule has 0 unspecified atom stereocenters. The zero-order chi connectivity index (χ0) is 19.1. The molecular formula is C17H18ClN3O4S. The predicted octanol–water partition coefficient (Wildman–Crippen LogP) is 2.11. The molecule has 7 nitrogen and oxygen atoms in total. The molecule has 0 saturated carbocycles. The van der Waals surface area contributed by atoms with E-state index in [1.807, 2.05) is 19.1 Å². The minimum Gasteiger partial charge on any atom is -0.469 e. The second kappa shape index (κ2) is 9.40. The number of ether oxygens (including phenoxy) is 1. The maximum absolute atomic E-state index is 12.1. The number of benzene rings is 1. The van der Waals surface area contributed by atoms with Gasteiger partial charge in [-0.2, -0.15) is 0 Å². The van der Waals surface area contributed by atoms with Crippen LogP contribution in [0.25, 0.3) is 0 Å². The van der Waals surface area contributed by atoms with E-state index >= 15 is 0 Å². The Labute approximate surface area is 159 Å². The Hall–Kier alpha value is -2.32. The number of hydrogen-bond acceptors (Lipinski definition) is 6. The lowest BCUT2D eigenvalue weighted by atomic mass is 10.1. The molecule has 0 aliphatic carbocycles. The molecule has 2 aromatic rings. The maximum atomic E-state index is 12.1. The molecule has 2 N–H and O–H groups in total. The van der Waals surface area contributed by atoms with Gasteiger partial charge in [0, 0.05) is 11.1 Å². The van der Waals surface area contributed by atoms with Crippen molar-refractivity contribution in [3.05, 3.63) is 57.0 Å². The fourth-order valence-corrected chi connectivity index (χ4v) is 2.95. The van der Waals surface area contributed by atoms with Crippen molar-refractivity contribution in [2.75, 3.05) is 12.9 Å². The first-order valence-electron chi connectivity index (χ1n) is 7.72. The summed E-state index contributed by atoms with van der Waals surface area (Å²) in [4.78, 5) is 41.7. The zero-order valence-electron chi connectivity index (χ0n) is 14.2. The molecule has 0 saturated heterocycles. The fraction of sp³-hybridized carbons (Fsp3) is 0.294. The number of thioether (sulfide) groups is 1. The van der Waals surface area contributed by atoms with E-state index in [1.54, 1.807) is 12.1 Å². The van der Waals surface area contributed by atoms with E-state index in [-0.39, 0.29) is 35.0 Å². The van der Waals surface area contributed by atoms with Crippen LogP contribution < -0.4 is 10.9 Å². The Morgan fingerprint density at radius 3 is 2.69 bits per heavy atom. The number of aromatic amines is 1. The molecule has 1 atom stereocenters. The summed E-state index contributed by atoms with van der Waals surface area (Å²) in [5.74, 6) is -0.630. The molecule has 26 heavy (non-hydrogen) atoms. The Kier molecular flexibility index (Phi) is 7.23. The number of H-pyrrole nitrogens is 1. The summed E-state index contributed by atoms with van der Waals surface area (Å²) < 4.78 is 4.55. The highest BCUT2D eigenvalue weighted by atomic mass is 35.5. The number of hydrogen-bond donors (Lipinski definition) is 2. The first-order chi connectivity index (χ1) is 12.4. The van der Waals surface area contributed by atoms with Crippen LogP contribution in [-0.4, -0.2) is 34.7 Å². The smallest absolute Gasteiger partial charge is 0.311 e. The molecular weight excluding hydrogens is 378 g/mol. The van der Waals surface area contributed by atoms with Gasteiger partial charge in [-0.15, -0.1) is 0 Å². The molecule has 0 aliphatic rings. The van der Waals surface area contributed by atoms with Gasteiger partial charge in [0.2, 0.25) is 5.91 Å². The number of aromatic nitrogens is 2. The van der Waals surface area contributed by atoms with Gasteiger partial charge in [-0.05, 0) is 24.6 Å². The highest BCUT2D eigenvalue weighted by Crippen LogP contribution is 2.17. The first-order valence-corrected chi connectivity index (χ1v) is 9.08. The number of nitrogens with zero attached hydrogens (tertiary/aromatic N) is 1. The van der Waals surface area contributed by atoms with Gasteiger partial charge < -0.3 is 15.0 Å². The summed E-state index contributed by atoms with van der Waals surface area (Å²) in [5.41, 5.74) is 0.828. The third-order valence-corrected chi connectivity index (χ3v) is 4.54. The van der Waals surface area contributed by atoms with E-state index < -0.39 is 11.5 Å². The lowest BCUT2D eigenvalue weighted by molar-refractivity contribution is -0.139. The van der Waals surface area contributed by atoms with Crippen LogP contribution in [0.2, 0.25) is 5.02 Å². The van der Waals surface area contributed by atoms with Crippen LogP contribution in [-0.2, 0) is 20.7 Å². The lowest BCUT2D eigenvalue weighted by Gasteiger charge is -2.14. The topological polar surface area (TPSA) is 101 Å². The number of esters is 1. The summed E-state index contributed by atoms with van der Waals surface area (Å²) in [6.07, 6.45) is -0.103. The molecule has 9 heteroatoms. The third kappa shape index (κ3) is 6.20. The standard InChI is InChI=1S/C17H18ClN3O4S/c1-10(11-3-5-12(18)6-4-11)19-15(23)9-26-17-20-13(7-14(22)21-17)8-16(24)25-2/h3-7,10H,8-9H2,1-2H3,(H,19,23)(H,20,21,22)/t10-/m1/s1. The minimum atomic E-state index is -0.492. The molecule has 1 amide bonds. The van der Waals surface area contributed by atoms with Crippen LogP contribution in [0.3, 0.4) is 0 Å². The van der Waals surface area contributed by atoms with Gasteiger partial charge in [-0.3, -0.25) is 14.4 Å². The molecule has 0 radical (unpaired) electrons. The maximum Gasteiger partial charge on any atom is 0.311 e. The van der Waals surface area contributed by atoms with Crippen LogP contribution >= 0.6 is 23.4 Å². The van der Waals surface area contributed by atoms with Crippen LogP contribution in [0.1, 0.15) is 24.2 Å². The van der Waals surface area contributed by atoms with Gasteiger partial charge >= 0.3 is 5.97 Å². The lowest BCUT2D eigenvalue weighted by Crippen LogP contribution is -2.28. The van der Waals surface area contributed by atoms with Crippen molar-refractivity contribution in [3.63, 3.8) is 0 Å². The van der Waals surface area contributed by atoms with Gasteiger partial charge in [-0.25, -0.2) is 4.98 Å². The highest BCUT2D eigenvalue weighted by molar-refractivity contribution is 7.99. The van der Waals surface area contributed by atoms with E-state index in [2.05, 4.69) is 20.0 Å². The van der Waals surface area contributed by atoms with Crippen molar-refractivity contribution in [1.29, 1.82) is 0 Å². The molecule has 1 aromatic heterocycles. The number of carbonyl (C=O) groups is 2. The second-order valence-corrected chi connectivity index (χ2v) is 6.82. The number of halogens is 1. The van der Waals surface area contributed by atoms with Crippen molar-refractivity contribution in [1.82, 2.24) is 15.3 Å². The molecule has 1 aromatic carbocycles. The van der Waals surface area contributed by atoms with Crippen molar-refractivity contribution >= 4 is 35.2 Å². The number of nitrogens with one attached hydrogen (secondary N) is 2. The molecule has 1 heterocycles. The van der Waals surface area contributed by atoms with Gasteiger partial charge in [0.25, 0.3) is 5.56 Å². The average Bonchev–Trinajstić information content (AvgIpc) is 2.60. The summed E-state index contributed by atoms with van der Waals surface area (Å²) in [6.45, 7) is 1.86. The van der Waals surface area contributed by atoms with Crippen LogP contribution in [0, 0.1) is 0 Å². The summed E-state index contributed by atoms with van der Waals surface area (Å²) in [5, 5.41) is 3.76. The Balaban J connectivity index is 1.93.